The first-order valence-corrected chi connectivity index (χ1v) is 8.18. The summed E-state index contributed by atoms with van der Waals surface area (Å²) in [6.07, 6.45) is 0. The summed E-state index contributed by atoms with van der Waals surface area (Å²) in [4.78, 5) is 10.0. The Morgan fingerprint density at radius 3 is 2.43 bits per heavy atom. The summed E-state index contributed by atoms with van der Waals surface area (Å²) in [7, 11) is 0. The van der Waals surface area contributed by atoms with Gasteiger partial charge in [-0.05, 0) is 35.7 Å². The largest absolute Gasteiger partial charge is 0.370 e. The lowest BCUT2D eigenvalue weighted by atomic mass is 10.2. The summed E-state index contributed by atoms with van der Waals surface area (Å²) in [6, 6.07) is 10.7. The molecule has 1 aliphatic rings. The molecule has 7 heteroatoms. The van der Waals surface area contributed by atoms with Crippen LogP contribution in [0.3, 0.4) is 0 Å². The standard InChI is InChI=1S/C16H19FN4S.HI/c17-13-3-5-14(6-4-13)20-7-9-21(10-8-20)16(18)19-12-15-2-1-11-22-15;/h1-6,11H,7-10,12H2,(H2,18,19);1H. The molecule has 0 radical (unpaired) electrons. The Kier molecular flexibility index (Phi) is 6.64. The molecule has 0 unspecified atom stereocenters. The Labute approximate surface area is 156 Å². The van der Waals surface area contributed by atoms with Crippen LogP contribution in [0.25, 0.3) is 0 Å². The lowest BCUT2D eigenvalue weighted by Crippen LogP contribution is -2.51. The summed E-state index contributed by atoms with van der Waals surface area (Å²) in [5.41, 5.74) is 7.13. The molecule has 4 nitrogen and oxygen atoms in total. The highest BCUT2D eigenvalue weighted by atomic mass is 127. The molecule has 1 aromatic heterocycles. The number of guanidine groups is 1. The van der Waals surface area contributed by atoms with Crippen LogP contribution in [-0.4, -0.2) is 37.0 Å². The minimum Gasteiger partial charge on any atom is -0.370 e. The second-order valence-corrected chi connectivity index (χ2v) is 6.24. The second-order valence-electron chi connectivity index (χ2n) is 5.20. The predicted molar refractivity (Wildman–Crippen MR) is 105 cm³/mol. The van der Waals surface area contributed by atoms with Crippen LogP contribution >= 0.6 is 35.3 Å². The molecule has 1 fully saturated rings. The highest BCUT2D eigenvalue weighted by Crippen LogP contribution is 2.17. The Morgan fingerprint density at radius 1 is 1.13 bits per heavy atom. The fourth-order valence-corrected chi connectivity index (χ4v) is 3.14. The maximum atomic E-state index is 13.0. The highest BCUT2D eigenvalue weighted by Gasteiger charge is 2.18. The Bertz CT molecular complexity index is 622. The fraction of sp³-hybridized carbons (Fsp3) is 0.312. The molecule has 0 bridgehead atoms. The van der Waals surface area contributed by atoms with Gasteiger partial charge in [-0.15, -0.1) is 35.3 Å². The number of aliphatic imine (C=N–C) groups is 1. The molecule has 1 saturated heterocycles. The molecule has 1 aromatic carbocycles. The summed E-state index contributed by atoms with van der Waals surface area (Å²) in [5, 5.41) is 2.04. The maximum absolute atomic E-state index is 13.0. The molecule has 2 N–H and O–H groups in total. The number of piperazine rings is 1. The molecule has 0 atom stereocenters. The third kappa shape index (κ3) is 4.81. The van der Waals surface area contributed by atoms with Gasteiger partial charge in [0.15, 0.2) is 5.96 Å². The Morgan fingerprint density at radius 2 is 1.83 bits per heavy atom. The van der Waals surface area contributed by atoms with Crippen molar-refractivity contribution in [3.05, 3.63) is 52.5 Å². The van der Waals surface area contributed by atoms with Gasteiger partial charge in [-0.25, -0.2) is 9.38 Å². The number of anilines is 1. The first-order valence-electron chi connectivity index (χ1n) is 7.30. The van der Waals surface area contributed by atoms with E-state index in [2.05, 4.69) is 20.9 Å². The zero-order chi connectivity index (χ0) is 15.4. The average Bonchev–Trinajstić information content (AvgIpc) is 3.07. The number of rotatable bonds is 3. The monoisotopic (exact) mass is 446 g/mol. The van der Waals surface area contributed by atoms with E-state index < -0.39 is 0 Å². The smallest absolute Gasteiger partial charge is 0.191 e. The van der Waals surface area contributed by atoms with Gasteiger partial charge in [-0.3, -0.25) is 0 Å². The molecule has 3 rings (SSSR count). The van der Waals surface area contributed by atoms with E-state index in [1.807, 2.05) is 23.6 Å². The number of nitrogens with two attached hydrogens (primary N) is 1. The van der Waals surface area contributed by atoms with Gasteiger partial charge in [0.2, 0.25) is 0 Å². The van der Waals surface area contributed by atoms with E-state index in [-0.39, 0.29) is 29.8 Å². The van der Waals surface area contributed by atoms with Crippen LogP contribution in [0.4, 0.5) is 10.1 Å². The predicted octanol–water partition coefficient (Wildman–Crippen LogP) is 3.14. The summed E-state index contributed by atoms with van der Waals surface area (Å²) < 4.78 is 13.0. The molecule has 0 aliphatic carbocycles. The topological polar surface area (TPSA) is 44.9 Å². The molecule has 2 heterocycles. The van der Waals surface area contributed by atoms with Crippen molar-refractivity contribution in [2.75, 3.05) is 31.1 Å². The van der Waals surface area contributed by atoms with E-state index in [9.17, 15) is 4.39 Å². The van der Waals surface area contributed by atoms with Crippen molar-refractivity contribution in [1.29, 1.82) is 0 Å². The van der Waals surface area contributed by atoms with Gasteiger partial charge in [0.1, 0.15) is 5.82 Å². The molecule has 0 amide bonds. The van der Waals surface area contributed by atoms with Crippen molar-refractivity contribution in [2.24, 2.45) is 10.7 Å². The zero-order valence-corrected chi connectivity index (χ0v) is 15.8. The number of hydrogen-bond acceptors (Lipinski definition) is 3. The van der Waals surface area contributed by atoms with Crippen molar-refractivity contribution in [2.45, 2.75) is 6.54 Å². The molecule has 0 saturated carbocycles. The third-order valence-electron chi connectivity index (χ3n) is 3.77. The molecule has 23 heavy (non-hydrogen) atoms. The van der Waals surface area contributed by atoms with Gasteiger partial charge in [0, 0.05) is 36.7 Å². The van der Waals surface area contributed by atoms with Crippen molar-refractivity contribution >= 4 is 47.0 Å². The first-order chi connectivity index (χ1) is 10.7. The molecule has 124 valence electrons. The first kappa shape index (κ1) is 18.0. The maximum Gasteiger partial charge on any atom is 0.191 e. The average molecular weight is 446 g/mol. The molecule has 0 spiro atoms. The SMILES string of the molecule is I.NC(=NCc1cccs1)N1CCN(c2ccc(F)cc2)CC1. The van der Waals surface area contributed by atoms with Crippen LogP contribution in [-0.2, 0) is 6.54 Å². The number of nitrogens with zero attached hydrogens (tertiary/aromatic N) is 3. The van der Waals surface area contributed by atoms with Crippen molar-refractivity contribution in [1.82, 2.24) is 4.90 Å². The summed E-state index contributed by atoms with van der Waals surface area (Å²) in [6.45, 7) is 4.03. The quantitative estimate of drug-likeness (QED) is 0.448. The zero-order valence-electron chi connectivity index (χ0n) is 12.7. The van der Waals surface area contributed by atoms with Gasteiger partial charge < -0.3 is 15.5 Å². The van der Waals surface area contributed by atoms with E-state index in [1.165, 1.54) is 17.0 Å². The number of thiophene rings is 1. The van der Waals surface area contributed by atoms with E-state index in [0.717, 1.165) is 31.9 Å². The van der Waals surface area contributed by atoms with E-state index in [0.29, 0.717) is 12.5 Å². The molecule has 1 aliphatic heterocycles. The third-order valence-corrected chi connectivity index (χ3v) is 4.63. The summed E-state index contributed by atoms with van der Waals surface area (Å²) >= 11 is 1.69. The summed E-state index contributed by atoms with van der Waals surface area (Å²) in [5.74, 6) is 0.402. The van der Waals surface area contributed by atoms with Gasteiger partial charge in [0.25, 0.3) is 0 Å². The van der Waals surface area contributed by atoms with Gasteiger partial charge >= 0.3 is 0 Å². The van der Waals surface area contributed by atoms with Gasteiger partial charge in [-0.2, -0.15) is 0 Å². The minimum atomic E-state index is -0.202. The van der Waals surface area contributed by atoms with Gasteiger partial charge in [0.05, 0.1) is 6.54 Å². The van der Waals surface area contributed by atoms with Crippen LogP contribution in [0.5, 0.6) is 0 Å². The van der Waals surface area contributed by atoms with Crippen LogP contribution in [0.2, 0.25) is 0 Å². The van der Waals surface area contributed by atoms with Crippen molar-refractivity contribution in [3.63, 3.8) is 0 Å². The van der Waals surface area contributed by atoms with Crippen LogP contribution in [0, 0.1) is 5.82 Å². The Balaban J connectivity index is 0.00000192. The molecular weight excluding hydrogens is 426 g/mol. The lowest BCUT2D eigenvalue weighted by Gasteiger charge is -2.36. The number of hydrogen-bond donors (Lipinski definition) is 1. The van der Waals surface area contributed by atoms with E-state index in [1.54, 1.807) is 11.3 Å². The van der Waals surface area contributed by atoms with E-state index in [4.69, 9.17) is 5.73 Å². The van der Waals surface area contributed by atoms with E-state index >= 15 is 0 Å². The molecular formula is C16H20FIN4S. The van der Waals surface area contributed by atoms with Crippen LogP contribution in [0.15, 0.2) is 46.8 Å². The normalized spacial score (nSPS) is 15.4. The van der Waals surface area contributed by atoms with Crippen LogP contribution < -0.4 is 10.6 Å². The van der Waals surface area contributed by atoms with Crippen molar-refractivity contribution in [3.8, 4) is 0 Å². The van der Waals surface area contributed by atoms with Crippen molar-refractivity contribution < 1.29 is 4.39 Å². The fourth-order valence-electron chi connectivity index (χ4n) is 2.51. The lowest BCUT2D eigenvalue weighted by molar-refractivity contribution is 0.380. The second kappa shape index (κ2) is 8.49. The number of benzene rings is 1. The number of halogens is 2. The van der Waals surface area contributed by atoms with Crippen LogP contribution in [0.1, 0.15) is 4.88 Å². The Hall–Kier alpha value is -1.35. The van der Waals surface area contributed by atoms with Gasteiger partial charge in [-0.1, -0.05) is 6.07 Å². The molecule has 2 aromatic rings. The highest BCUT2D eigenvalue weighted by molar-refractivity contribution is 14.0. The minimum absolute atomic E-state index is 0.